The molecule has 5 aliphatic rings. The zero-order valence-electron chi connectivity index (χ0n) is 23.6. The predicted molar refractivity (Wildman–Crippen MR) is 148 cm³/mol. The third-order valence-electron chi connectivity index (χ3n) is 11.0. The van der Waals surface area contributed by atoms with Crippen LogP contribution in [0.2, 0.25) is 0 Å². The van der Waals surface area contributed by atoms with Gasteiger partial charge in [-0.15, -0.1) is 0 Å². The Morgan fingerprint density at radius 2 is 1.87 bits per heavy atom. The first kappa shape index (κ1) is 27.2. The number of esters is 1. The van der Waals surface area contributed by atoms with Crippen LogP contribution in [-0.4, -0.2) is 33.7 Å². The maximum atomic E-state index is 14.6. The molecule has 0 aromatic rings. The number of aliphatic hydroxyl groups excluding tert-OH is 2. The van der Waals surface area contributed by atoms with E-state index in [9.17, 15) is 19.8 Å². The van der Waals surface area contributed by atoms with Crippen LogP contribution >= 0.6 is 0 Å². The average Bonchev–Trinajstić information content (AvgIpc) is 3.14. The minimum Gasteiger partial charge on any atom is -0.511 e. The second-order valence-electron chi connectivity index (χ2n) is 12.7. The third kappa shape index (κ3) is 3.67. The molecule has 0 aromatic heterocycles. The molecule has 5 heteroatoms. The molecule has 38 heavy (non-hydrogen) atoms. The molecular formula is C33H44O5. The van der Waals surface area contributed by atoms with Crippen molar-refractivity contribution in [2.75, 3.05) is 0 Å². The lowest BCUT2D eigenvalue weighted by Crippen LogP contribution is -2.54. The minimum absolute atomic E-state index is 0.0710. The topological polar surface area (TPSA) is 83.8 Å². The molecule has 2 bridgehead atoms. The van der Waals surface area contributed by atoms with Gasteiger partial charge in [0.2, 0.25) is 5.78 Å². The summed E-state index contributed by atoms with van der Waals surface area (Å²) < 4.78 is 6.18. The molecule has 206 valence electrons. The summed E-state index contributed by atoms with van der Waals surface area (Å²) in [5, 5.41) is 23.4. The molecule has 5 rings (SSSR count). The highest BCUT2D eigenvalue weighted by molar-refractivity contribution is 6.26. The fraction of sp³-hybridized carbons (Fsp3) is 0.636. The number of hydrogen-bond donors (Lipinski definition) is 2. The van der Waals surface area contributed by atoms with Crippen molar-refractivity contribution < 1.29 is 24.5 Å². The van der Waals surface area contributed by atoms with Crippen LogP contribution in [0, 0.1) is 40.4 Å². The Morgan fingerprint density at radius 3 is 2.58 bits per heavy atom. The number of rotatable bonds is 2. The summed E-state index contributed by atoms with van der Waals surface area (Å²) in [4.78, 5) is 28.3. The molecule has 1 heterocycles. The van der Waals surface area contributed by atoms with Crippen LogP contribution < -0.4 is 0 Å². The summed E-state index contributed by atoms with van der Waals surface area (Å²) in [6.45, 7) is 10.3. The lowest BCUT2D eigenvalue weighted by Gasteiger charge is -2.54. The standard InChI is InChI=1S/C33H44O5/c1-6-22-19-33-29(36)26(30(37)38-33)28(35)32(7-2)23(14-15-24-25(32)16-13-20(3)27(24)34)12-10-8-9-11-17-31(33,5)18-21(22)4/h8,10-11,14-15,17-18,20,22-25,27,34-35H,6-7,9,12-13,16,19H2,1-5H3/b10-8+,17-11+,28-26+/t20-,22-,23+,24-,25+,27-,31-,32+,33+/m0/s1. The number of hydrogen-bond acceptors (Lipinski definition) is 5. The molecule has 1 spiro atoms. The minimum atomic E-state index is -1.38. The van der Waals surface area contributed by atoms with Crippen molar-refractivity contribution in [1.82, 2.24) is 0 Å². The number of carbonyl (C=O) groups is 2. The molecule has 0 amide bonds. The number of fused-ring (bicyclic) bond motifs is 4. The summed E-state index contributed by atoms with van der Waals surface area (Å²) >= 11 is 0. The van der Waals surface area contributed by atoms with E-state index in [4.69, 9.17) is 4.74 Å². The zero-order valence-corrected chi connectivity index (χ0v) is 23.6. The number of carbonyl (C=O) groups excluding carboxylic acids is 2. The number of allylic oxidation sites excluding steroid dienone is 6. The normalized spacial score (nSPS) is 48.3. The molecule has 1 saturated heterocycles. The van der Waals surface area contributed by atoms with Crippen LogP contribution in [0.1, 0.15) is 79.6 Å². The highest BCUT2D eigenvalue weighted by Crippen LogP contribution is 2.60. The fourth-order valence-electron chi connectivity index (χ4n) is 8.60. The highest BCUT2D eigenvalue weighted by Gasteiger charge is 2.66. The summed E-state index contributed by atoms with van der Waals surface area (Å²) in [6, 6.07) is 0. The Kier molecular flexibility index (Phi) is 6.91. The number of Topliss-reactive ketones (excluding diaryl/α,β-unsaturated/α-hetero) is 1. The van der Waals surface area contributed by atoms with E-state index in [0.717, 1.165) is 19.3 Å². The van der Waals surface area contributed by atoms with Crippen LogP contribution in [0.3, 0.4) is 0 Å². The van der Waals surface area contributed by atoms with Crippen LogP contribution in [0.5, 0.6) is 0 Å². The maximum absolute atomic E-state index is 14.6. The van der Waals surface area contributed by atoms with Gasteiger partial charge in [-0.1, -0.05) is 68.9 Å². The van der Waals surface area contributed by atoms with Gasteiger partial charge in [-0.25, -0.2) is 4.79 Å². The van der Waals surface area contributed by atoms with E-state index in [0.29, 0.717) is 25.7 Å². The monoisotopic (exact) mass is 520 g/mol. The molecule has 9 atom stereocenters. The maximum Gasteiger partial charge on any atom is 0.346 e. The van der Waals surface area contributed by atoms with Crippen molar-refractivity contribution in [3.8, 4) is 0 Å². The van der Waals surface area contributed by atoms with E-state index in [1.807, 2.05) is 19.9 Å². The molecule has 1 aliphatic heterocycles. The van der Waals surface area contributed by atoms with Crippen molar-refractivity contribution in [3.63, 3.8) is 0 Å². The average molecular weight is 521 g/mol. The second-order valence-corrected chi connectivity index (χ2v) is 12.7. The van der Waals surface area contributed by atoms with Crippen molar-refractivity contribution in [2.24, 2.45) is 40.4 Å². The van der Waals surface area contributed by atoms with Gasteiger partial charge in [0.1, 0.15) is 11.3 Å². The van der Waals surface area contributed by atoms with Crippen molar-refractivity contribution in [2.45, 2.75) is 91.3 Å². The first-order valence-corrected chi connectivity index (χ1v) is 14.7. The summed E-state index contributed by atoms with van der Waals surface area (Å²) in [5.41, 5.74) is -1.99. The van der Waals surface area contributed by atoms with E-state index in [1.54, 1.807) is 0 Å². The van der Waals surface area contributed by atoms with Gasteiger partial charge in [0, 0.05) is 17.8 Å². The molecular weight excluding hydrogens is 476 g/mol. The smallest absolute Gasteiger partial charge is 0.346 e. The van der Waals surface area contributed by atoms with E-state index in [-0.39, 0.29) is 46.7 Å². The summed E-state index contributed by atoms with van der Waals surface area (Å²) in [6.07, 6.45) is 19.1. The number of ether oxygens (including phenoxy) is 1. The Hall–Kier alpha value is -2.40. The molecule has 2 fully saturated rings. The summed E-state index contributed by atoms with van der Waals surface area (Å²) in [5.74, 6) is -1.22. The van der Waals surface area contributed by atoms with Crippen LogP contribution in [0.25, 0.3) is 0 Å². The first-order valence-electron chi connectivity index (χ1n) is 14.7. The van der Waals surface area contributed by atoms with Crippen molar-refractivity contribution in [1.29, 1.82) is 0 Å². The molecule has 0 unspecified atom stereocenters. The Morgan fingerprint density at radius 1 is 1.11 bits per heavy atom. The highest BCUT2D eigenvalue weighted by atomic mass is 16.6. The Labute approximate surface area is 227 Å². The molecule has 5 nitrogen and oxygen atoms in total. The summed E-state index contributed by atoms with van der Waals surface area (Å²) in [7, 11) is 0. The SMILES string of the molecule is CC[C@H]1C[C@]23OC(=O)/C(=C(/O)[C@@]4(CC)[C@@H]5CC[C@H](C)[C@H](O)[C@H]5C=C[C@H]4C/C=C/C/C=C/[C@@]2(C)C=C1C)C3=O. The number of ketones is 1. The Balaban J connectivity index is 1.75. The zero-order chi connectivity index (χ0) is 27.5. The van der Waals surface area contributed by atoms with E-state index in [1.165, 1.54) is 5.57 Å². The van der Waals surface area contributed by atoms with Gasteiger partial charge in [-0.05, 0) is 76.0 Å². The van der Waals surface area contributed by atoms with Gasteiger partial charge in [0.15, 0.2) is 5.60 Å². The lowest BCUT2D eigenvalue weighted by molar-refractivity contribution is -0.162. The van der Waals surface area contributed by atoms with E-state index < -0.39 is 28.5 Å². The fourth-order valence-corrected chi connectivity index (χ4v) is 8.60. The van der Waals surface area contributed by atoms with Gasteiger partial charge >= 0.3 is 5.97 Å². The van der Waals surface area contributed by atoms with E-state index >= 15 is 0 Å². The van der Waals surface area contributed by atoms with Gasteiger partial charge in [0.25, 0.3) is 0 Å². The lowest BCUT2D eigenvalue weighted by atomic mass is 9.51. The van der Waals surface area contributed by atoms with Gasteiger partial charge in [0.05, 0.1) is 11.5 Å². The van der Waals surface area contributed by atoms with Crippen LogP contribution in [0.15, 0.2) is 59.4 Å². The molecule has 0 aromatic carbocycles. The predicted octanol–water partition coefficient (Wildman–Crippen LogP) is 6.56. The number of aliphatic hydroxyl groups is 2. The first-order chi connectivity index (χ1) is 18.1. The third-order valence-corrected chi connectivity index (χ3v) is 11.0. The van der Waals surface area contributed by atoms with E-state index in [2.05, 4.69) is 57.2 Å². The molecule has 4 aliphatic carbocycles. The quantitative estimate of drug-likeness (QED) is 0.245. The van der Waals surface area contributed by atoms with Crippen LogP contribution in [0.4, 0.5) is 0 Å². The van der Waals surface area contributed by atoms with Crippen LogP contribution in [-0.2, 0) is 14.3 Å². The Bertz CT molecular complexity index is 1160. The van der Waals surface area contributed by atoms with Gasteiger partial charge in [-0.3, -0.25) is 4.79 Å². The second kappa shape index (κ2) is 9.66. The van der Waals surface area contributed by atoms with Gasteiger partial charge in [-0.2, -0.15) is 0 Å². The largest absolute Gasteiger partial charge is 0.511 e. The molecule has 0 radical (unpaired) electrons. The van der Waals surface area contributed by atoms with Crippen molar-refractivity contribution in [3.05, 3.63) is 59.4 Å². The molecule has 2 N–H and O–H groups in total. The van der Waals surface area contributed by atoms with Crippen molar-refractivity contribution >= 4 is 11.8 Å². The van der Waals surface area contributed by atoms with Gasteiger partial charge < -0.3 is 14.9 Å². The molecule has 1 saturated carbocycles.